The Labute approximate surface area is 106 Å². The number of fused-ring (bicyclic) bond motifs is 1. The average Bonchev–Trinajstić information content (AvgIpc) is 2.80. The number of nitrogens with zero attached hydrogens (tertiary/aromatic N) is 2. The van der Waals surface area contributed by atoms with E-state index < -0.39 is 0 Å². The first-order chi connectivity index (χ1) is 8.81. The number of rotatable bonds is 6. The van der Waals surface area contributed by atoms with Gasteiger partial charge in [-0.3, -0.25) is 9.48 Å². The molecule has 1 N–H and O–H groups in total. The Morgan fingerprint density at radius 3 is 3.11 bits per heavy atom. The molecule has 0 aliphatic rings. The molecule has 0 spiro atoms. The Balaban J connectivity index is 1.88. The Morgan fingerprint density at radius 2 is 2.28 bits per heavy atom. The van der Waals surface area contributed by atoms with E-state index in [1.165, 1.54) is 0 Å². The molecule has 96 valence electrons. The van der Waals surface area contributed by atoms with Crippen LogP contribution in [0.5, 0.6) is 0 Å². The van der Waals surface area contributed by atoms with Gasteiger partial charge in [0.2, 0.25) is 5.91 Å². The van der Waals surface area contributed by atoms with Crippen LogP contribution < -0.4 is 5.32 Å². The van der Waals surface area contributed by atoms with Crippen LogP contribution in [0.4, 0.5) is 0 Å². The zero-order valence-electron chi connectivity index (χ0n) is 10.4. The monoisotopic (exact) mass is 247 g/mol. The highest BCUT2D eigenvalue weighted by atomic mass is 16.5. The van der Waals surface area contributed by atoms with E-state index in [9.17, 15) is 4.79 Å². The summed E-state index contributed by atoms with van der Waals surface area (Å²) in [5.74, 6) is 0.0200. The number of ether oxygens (including phenoxy) is 1. The van der Waals surface area contributed by atoms with Crippen LogP contribution in [0.2, 0.25) is 0 Å². The summed E-state index contributed by atoms with van der Waals surface area (Å²) in [6, 6.07) is 7.97. The van der Waals surface area contributed by atoms with E-state index in [0.29, 0.717) is 26.1 Å². The lowest BCUT2D eigenvalue weighted by molar-refractivity contribution is -0.121. The average molecular weight is 247 g/mol. The number of hydrogen-bond acceptors (Lipinski definition) is 3. The molecule has 2 aromatic rings. The van der Waals surface area contributed by atoms with Crippen LogP contribution in [-0.2, 0) is 16.1 Å². The second-order valence-corrected chi connectivity index (χ2v) is 4.02. The number of amides is 1. The quantitative estimate of drug-likeness (QED) is 0.780. The molecule has 0 fully saturated rings. The molecule has 2 rings (SSSR count). The molecule has 5 nitrogen and oxygen atoms in total. The van der Waals surface area contributed by atoms with Crippen molar-refractivity contribution in [2.75, 3.05) is 20.3 Å². The van der Waals surface area contributed by atoms with E-state index in [4.69, 9.17) is 4.74 Å². The van der Waals surface area contributed by atoms with Crippen LogP contribution in [0.3, 0.4) is 0 Å². The van der Waals surface area contributed by atoms with Gasteiger partial charge in [0, 0.05) is 25.5 Å². The van der Waals surface area contributed by atoms with E-state index in [1.807, 2.05) is 35.1 Å². The van der Waals surface area contributed by atoms with Crippen LogP contribution >= 0.6 is 0 Å². The number of para-hydroxylation sites is 1. The van der Waals surface area contributed by atoms with Crippen molar-refractivity contribution in [1.82, 2.24) is 15.1 Å². The van der Waals surface area contributed by atoms with Crippen molar-refractivity contribution in [2.45, 2.75) is 13.0 Å². The molecule has 1 amide bonds. The number of nitrogens with one attached hydrogen (secondary N) is 1. The van der Waals surface area contributed by atoms with Gasteiger partial charge < -0.3 is 10.1 Å². The van der Waals surface area contributed by atoms with Crippen molar-refractivity contribution in [2.24, 2.45) is 0 Å². The van der Waals surface area contributed by atoms with Crippen molar-refractivity contribution >= 4 is 16.8 Å². The molecule has 0 aliphatic heterocycles. The minimum Gasteiger partial charge on any atom is -0.383 e. The Kier molecular flexibility index (Phi) is 4.30. The predicted molar refractivity (Wildman–Crippen MR) is 69.2 cm³/mol. The highest BCUT2D eigenvalue weighted by Gasteiger charge is 2.04. The number of methoxy groups -OCH3 is 1. The molecule has 18 heavy (non-hydrogen) atoms. The lowest BCUT2D eigenvalue weighted by atomic mass is 10.2. The summed E-state index contributed by atoms with van der Waals surface area (Å²) in [5.41, 5.74) is 1.06. The van der Waals surface area contributed by atoms with Gasteiger partial charge in [0.1, 0.15) is 0 Å². The van der Waals surface area contributed by atoms with Crippen LogP contribution in [0, 0.1) is 0 Å². The number of aryl methyl sites for hydroxylation is 1. The summed E-state index contributed by atoms with van der Waals surface area (Å²) in [5, 5.41) is 8.16. The fourth-order valence-corrected chi connectivity index (χ4v) is 1.79. The third-order valence-corrected chi connectivity index (χ3v) is 2.73. The van der Waals surface area contributed by atoms with E-state index in [0.717, 1.165) is 10.9 Å². The molecule has 0 aliphatic carbocycles. The highest BCUT2D eigenvalue weighted by Crippen LogP contribution is 2.12. The van der Waals surface area contributed by atoms with Gasteiger partial charge in [0.15, 0.2) is 0 Å². The second kappa shape index (κ2) is 6.16. The molecule has 5 heteroatoms. The number of hydrogen-bond donors (Lipinski definition) is 1. The number of carbonyl (C=O) groups is 1. The minimum atomic E-state index is 0.0200. The van der Waals surface area contributed by atoms with Crippen molar-refractivity contribution in [3.05, 3.63) is 30.5 Å². The molecule has 1 aromatic heterocycles. The van der Waals surface area contributed by atoms with Crippen molar-refractivity contribution in [3.8, 4) is 0 Å². The summed E-state index contributed by atoms with van der Waals surface area (Å²) in [6.45, 7) is 1.68. The van der Waals surface area contributed by atoms with Crippen LogP contribution in [0.15, 0.2) is 30.5 Å². The third kappa shape index (κ3) is 3.07. The largest absolute Gasteiger partial charge is 0.383 e. The summed E-state index contributed by atoms with van der Waals surface area (Å²) in [7, 11) is 1.61. The molecular weight excluding hydrogens is 230 g/mol. The molecule has 0 bridgehead atoms. The van der Waals surface area contributed by atoms with Crippen LogP contribution in [0.1, 0.15) is 6.42 Å². The van der Waals surface area contributed by atoms with Gasteiger partial charge in [-0.05, 0) is 6.07 Å². The molecular formula is C13H17N3O2. The molecule has 1 heterocycles. The number of benzene rings is 1. The SMILES string of the molecule is COCCNC(=O)CCn1ncc2ccccc21. The second-order valence-electron chi connectivity index (χ2n) is 4.02. The molecule has 0 atom stereocenters. The number of carbonyl (C=O) groups excluding carboxylic acids is 1. The van der Waals surface area contributed by atoms with Gasteiger partial charge in [0.05, 0.1) is 24.9 Å². The Hall–Kier alpha value is -1.88. The maximum absolute atomic E-state index is 11.5. The first-order valence-corrected chi connectivity index (χ1v) is 5.97. The first kappa shape index (κ1) is 12.6. The number of aromatic nitrogens is 2. The molecule has 0 saturated heterocycles. The van der Waals surface area contributed by atoms with E-state index in [2.05, 4.69) is 10.4 Å². The van der Waals surface area contributed by atoms with E-state index >= 15 is 0 Å². The smallest absolute Gasteiger partial charge is 0.221 e. The van der Waals surface area contributed by atoms with E-state index in [1.54, 1.807) is 7.11 Å². The minimum absolute atomic E-state index is 0.0200. The first-order valence-electron chi connectivity index (χ1n) is 5.97. The molecule has 1 aromatic carbocycles. The molecule has 0 radical (unpaired) electrons. The van der Waals surface area contributed by atoms with Crippen molar-refractivity contribution in [1.29, 1.82) is 0 Å². The van der Waals surface area contributed by atoms with Crippen molar-refractivity contribution in [3.63, 3.8) is 0 Å². The fraction of sp³-hybridized carbons (Fsp3) is 0.385. The maximum Gasteiger partial charge on any atom is 0.221 e. The van der Waals surface area contributed by atoms with Gasteiger partial charge in [0.25, 0.3) is 0 Å². The fourth-order valence-electron chi connectivity index (χ4n) is 1.79. The van der Waals surface area contributed by atoms with Crippen LogP contribution in [-0.4, -0.2) is 35.9 Å². The molecule has 0 saturated carbocycles. The molecule has 0 unspecified atom stereocenters. The summed E-state index contributed by atoms with van der Waals surface area (Å²) < 4.78 is 6.72. The van der Waals surface area contributed by atoms with Gasteiger partial charge >= 0.3 is 0 Å². The Morgan fingerprint density at radius 1 is 1.44 bits per heavy atom. The van der Waals surface area contributed by atoms with Crippen molar-refractivity contribution < 1.29 is 9.53 Å². The normalized spacial score (nSPS) is 10.7. The zero-order chi connectivity index (χ0) is 12.8. The lowest BCUT2D eigenvalue weighted by Gasteiger charge is -2.05. The maximum atomic E-state index is 11.5. The summed E-state index contributed by atoms with van der Waals surface area (Å²) >= 11 is 0. The topological polar surface area (TPSA) is 56.1 Å². The highest BCUT2D eigenvalue weighted by molar-refractivity contribution is 5.79. The lowest BCUT2D eigenvalue weighted by Crippen LogP contribution is -2.27. The summed E-state index contributed by atoms with van der Waals surface area (Å²) in [6.07, 6.45) is 2.24. The van der Waals surface area contributed by atoms with E-state index in [-0.39, 0.29) is 5.91 Å². The van der Waals surface area contributed by atoms with Gasteiger partial charge in [-0.15, -0.1) is 0 Å². The van der Waals surface area contributed by atoms with Crippen LogP contribution in [0.25, 0.3) is 10.9 Å². The Bertz CT molecular complexity index is 522. The predicted octanol–water partition coefficient (Wildman–Crippen LogP) is 1.19. The summed E-state index contributed by atoms with van der Waals surface area (Å²) in [4.78, 5) is 11.5. The van der Waals surface area contributed by atoms with Gasteiger partial charge in [-0.2, -0.15) is 5.10 Å². The van der Waals surface area contributed by atoms with Gasteiger partial charge in [-0.1, -0.05) is 18.2 Å². The third-order valence-electron chi connectivity index (χ3n) is 2.73. The van der Waals surface area contributed by atoms with Gasteiger partial charge in [-0.25, -0.2) is 0 Å². The standard InChI is InChI=1S/C13H17N3O2/c1-18-9-7-14-13(17)6-8-16-12-5-3-2-4-11(12)10-15-16/h2-5,10H,6-9H2,1H3,(H,14,17). The zero-order valence-corrected chi connectivity index (χ0v) is 10.4.